The van der Waals surface area contributed by atoms with E-state index in [1.165, 1.54) is 24.3 Å². The summed E-state index contributed by atoms with van der Waals surface area (Å²) in [6, 6.07) is 3.56. The Morgan fingerprint density at radius 1 is 1.03 bits per heavy atom. The molecule has 0 fully saturated rings. The standard InChI is InChI=1S/C21H25F2N3O3S2/c1-14(27)30-13-20(29)24-10-6-4-2-3-5-7-19(28)26-21-25-18(12-31-21)15-8-9-16(22)17(23)11-15/h8-9,11-12H,2-7,10,13H2,1H3,(H,24,29)(H,25,26,28). The van der Waals surface area contributed by atoms with Crippen molar-refractivity contribution < 1.29 is 23.2 Å². The van der Waals surface area contributed by atoms with Crippen LogP contribution in [0, 0.1) is 11.6 Å². The number of aromatic nitrogens is 1. The second-order valence-corrected chi connectivity index (χ2v) is 8.87. The Balaban J connectivity index is 1.56. The Morgan fingerprint density at radius 2 is 1.77 bits per heavy atom. The maximum absolute atomic E-state index is 13.3. The fourth-order valence-corrected chi connectivity index (χ4v) is 3.86. The van der Waals surface area contributed by atoms with Crippen LogP contribution >= 0.6 is 23.1 Å². The molecule has 0 atom stereocenters. The first-order chi connectivity index (χ1) is 14.8. The molecular formula is C21H25F2N3O3S2. The molecule has 0 aliphatic rings. The summed E-state index contributed by atoms with van der Waals surface area (Å²) in [6.07, 6.45) is 4.79. The minimum atomic E-state index is -0.939. The van der Waals surface area contributed by atoms with Gasteiger partial charge in [0.15, 0.2) is 21.9 Å². The molecular weight excluding hydrogens is 444 g/mol. The maximum atomic E-state index is 13.3. The van der Waals surface area contributed by atoms with Gasteiger partial charge in [-0.25, -0.2) is 13.8 Å². The molecule has 2 N–H and O–H groups in total. The van der Waals surface area contributed by atoms with Crippen molar-refractivity contribution in [2.45, 2.75) is 45.4 Å². The van der Waals surface area contributed by atoms with Crippen LogP contribution in [0.25, 0.3) is 11.3 Å². The van der Waals surface area contributed by atoms with E-state index in [1.807, 2.05) is 0 Å². The lowest BCUT2D eigenvalue weighted by Crippen LogP contribution is -2.26. The monoisotopic (exact) mass is 469 g/mol. The average Bonchev–Trinajstić information content (AvgIpc) is 3.18. The fraction of sp³-hybridized carbons (Fsp3) is 0.429. The number of carbonyl (C=O) groups excluding carboxylic acids is 3. The number of halogens is 2. The van der Waals surface area contributed by atoms with Gasteiger partial charge in [0.25, 0.3) is 0 Å². The number of carbonyl (C=O) groups is 3. The van der Waals surface area contributed by atoms with E-state index in [4.69, 9.17) is 0 Å². The normalized spacial score (nSPS) is 10.7. The van der Waals surface area contributed by atoms with Crippen LogP contribution in [0.2, 0.25) is 0 Å². The van der Waals surface area contributed by atoms with Gasteiger partial charge >= 0.3 is 0 Å². The summed E-state index contributed by atoms with van der Waals surface area (Å²) in [5, 5.41) is 7.53. The number of hydrogen-bond acceptors (Lipinski definition) is 6. The first kappa shape index (κ1) is 24.9. The van der Waals surface area contributed by atoms with Crippen LogP contribution in [0.4, 0.5) is 13.9 Å². The topological polar surface area (TPSA) is 88.2 Å². The van der Waals surface area contributed by atoms with Gasteiger partial charge in [0.1, 0.15) is 0 Å². The van der Waals surface area contributed by atoms with Gasteiger partial charge in [-0.05, 0) is 31.0 Å². The molecule has 0 bridgehead atoms. The number of amides is 2. The van der Waals surface area contributed by atoms with Crippen molar-refractivity contribution in [1.29, 1.82) is 0 Å². The van der Waals surface area contributed by atoms with Gasteiger partial charge in [-0.2, -0.15) is 0 Å². The highest BCUT2D eigenvalue weighted by molar-refractivity contribution is 8.14. The van der Waals surface area contributed by atoms with Gasteiger partial charge in [0, 0.05) is 30.8 Å². The van der Waals surface area contributed by atoms with Crippen LogP contribution < -0.4 is 10.6 Å². The molecule has 1 aromatic heterocycles. The first-order valence-electron chi connectivity index (χ1n) is 9.96. The Bertz CT molecular complexity index is 906. The zero-order valence-corrected chi connectivity index (χ0v) is 18.8. The summed E-state index contributed by atoms with van der Waals surface area (Å²) < 4.78 is 26.4. The lowest BCUT2D eigenvalue weighted by Gasteiger charge is -2.05. The second kappa shape index (κ2) is 13.2. The van der Waals surface area contributed by atoms with Gasteiger partial charge in [-0.15, -0.1) is 11.3 Å². The number of benzene rings is 1. The van der Waals surface area contributed by atoms with Gasteiger partial charge in [-0.1, -0.05) is 31.0 Å². The molecule has 0 aliphatic carbocycles. The largest absolute Gasteiger partial charge is 0.355 e. The molecule has 2 aromatic rings. The lowest BCUT2D eigenvalue weighted by atomic mass is 10.1. The van der Waals surface area contributed by atoms with E-state index >= 15 is 0 Å². The molecule has 0 saturated carbocycles. The van der Waals surface area contributed by atoms with Crippen molar-refractivity contribution in [2.24, 2.45) is 0 Å². The van der Waals surface area contributed by atoms with Crippen LogP contribution in [0.3, 0.4) is 0 Å². The molecule has 10 heteroatoms. The SMILES string of the molecule is CC(=O)SCC(=O)NCCCCCCCC(=O)Nc1nc(-c2ccc(F)c(F)c2)cs1. The molecule has 0 aliphatic heterocycles. The molecule has 31 heavy (non-hydrogen) atoms. The summed E-state index contributed by atoms with van der Waals surface area (Å²) in [5.41, 5.74) is 0.927. The first-order valence-corrected chi connectivity index (χ1v) is 11.8. The lowest BCUT2D eigenvalue weighted by molar-refractivity contribution is -0.119. The molecule has 2 rings (SSSR count). The van der Waals surface area contributed by atoms with E-state index in [9.17, 15) is 23.2 Å². The van der Waals surface area contributed by atoms with E-state index < -0.39 is 11.6 Å². The van der Waals surface area contributed by atoms with Crippen LogP contribution in [0.5, 0.6) is 0 Å². The average molecular weight is 470 g/mol. The third-order valence-electron chi connectivity index (χ3n) is 4.28. The Labute approximate surface area is 188 Å². The van der Waals surface area contributed by atoms with Crippen molar-refractivity contribution in [3.8, 4) is 11.3 Å². The third-order valence-corrected chi connectivity index (χ3v) is 5.85. The minimum absolute atomic E-state index is 0.0715. The minimum Gasteiger partial charge on any atom is -0.355 e. The Kier molecular flexibility index (Phi) is 10.6. The number of nitrogens with one attached hydrogen (secondary N) is 2. The molecule has 2 amide bonds. The summed E-state index contributed by atoms with van der Waals surface area (Å²) in [7, 11) is 0. The zero-order chi connectivity index (χ0) is 22.6. The van der Waals surface area contributed by atoms with Crippen LogP contribution in [0.15, 0.2) is 23.6 Å². The quantitative estimate of drug-likeness (QED) is 0.438. The van der Waals surface area contributed by atoms with E-state index in [1.54, 1.807) is 5.38 Å². The van der Waals surface area contributed by atoms with E-state index in [-0.39, 0.29) is 22.7 Å². The molecule has 6 nitrogen and oxygen atoms in total. The molecule has 0 spiro atoms. The predicted molar refractivity (Wildman–Crippen MR) is 120 cm³/mol. The van der Waals surface area contributed by atoms with E-state index in [0.717, 1.165) is 56.0 Å². The van der Waals surface area contributed by atoms with E-state index in [2.05, 4.69) is 15.6 Å². The molecule has 168 valence electrons. The van der Waals surface area contributed by atoms with Gasteiger partial charge in [-0.3, -0.25) is 14.4 Å². The highest BCUT2D eigenvalue weighted by Gasteiger charge is 2.10. The number of thioether (sulfide) groups is 1. The van der Waals surface area contributed by atoms with Crippen molar-refractivity contribution >= 4 is 45.2 Å². The summed E-state index contributed by atoms with van der Waals surface area (Å²) in [4.78, 5) is 38.5. The van der Waals surface area contributed by atoms with Crippen LogP contribution in [0.1, 0.15) is 45.4 Å². The van der Waals surface area contributed by atoms with Crippen molar-refractivity contribution in [2.75, 3.05) is 17.6 Å². The highest BCUT2D eigenvalue weighted by Crippen LogP contribution is 2.26. The second-order valence-electron chi connectivity index (χ2n) is 6.86. The highest BCUT2D eigenvalue weighted by atomic mass is 32.2. The number of nitrogens with zero attached hydrogens (tertiary/aromatic N) is 1. The van der Waals surface area contributed by atoms with Crippen molar-refractivity contribution in [3.63, 3.8) is 0 Å². The molecule has 0 unspecified atom stereocenters. The van der Waals surface area contributed by atoms with Crippen molar-refractivity contribution in [3.05, 3.63) is 35.2 Å². The predicted octanol–water partition coefficient (Wildman–Crippen LogP) is 4.76. The van der Waals surface area contributed by atoms with Gasteiger partial charge in [0.05, 0.1) is 11.4 Å². The van der Waals surface area contributed by atoms with Gasteiger partial charge < -0.3 is 10.6 Å². The number of hydrogen-bond donors (Lipinski definition) is 2. The summed E-state index contributed by atoms with van der Waals surface area (Å²) in [5.74, 6) is -1.97. The van der Waals surface area contributed by atoms with E-state index in [0.29, 0.717) is 29.4 Å². The zero-order valence-electron chi connectivity index (χ0n) is 17.2. The molecule has 1 heterocycles. The summed E-state index contributed by atoms with van der Waals surface area (Å²) in [6.45, 7) is 2.02. The number of anilines is 1. The smallest absolute Gasteiger partial charge is 0.230 e. The van der Waals surface area contributed by atoms with Gasteiger partial charge in [0.2, 0.25) is 11.8 Å². The fourth-order valence-electron chi connectivity index (χ4n) is 2.69. The molecule has 1 aromatic carbocycles. The number of unbranched alkanes of at least 4 members (excludes halogenated alkanes) is 4. The number of thiazole rings is 1. The molecule has 0 radical (unpaired) electrons. The van der Waals surface area contributed by atoms with Crippen LogP contribution in [-0.2, 0) is 14.4 Å². The Hall–Kier alpha value is -2.33. The third kappa shape index (κ3) is 9.56. The summed E-state index contributed by atoms with van der Waals surface area (Å²) >= 11 is 2.23. The van der Waals surface area contributed by atoms with Crippen molar-refractivity contribution in [1.82, 2.24) is 10.3 Å². The molecule has 0 saturated heterocycles. The number of rotatable bonds is 12. The van der Waals surface area contributed by atoms with Crippen LogP contribution in [-0.4, -0.2) is 34.2 Å². The Morgan fingerprint density at radius 3 is 2.52 bits per heavy atom. The maximum Gasteiger partial charge on any atom is 0.230 e.